The molecular weight excluding hydrogens is 176 g/mol. The molecular formula is C12H26O2. The average Bonchev–Trinajstić information content (AvgIpc) is 2.15. The maximum Gasteiger partial charge on any atom is 0.0534 e. The number of ether oxygens (including phenoxy) is 1. The topological polar surface area (TPSA) is 29.5 Å². The monoisotopic (exact) mass is 202 g/mol. The minimum Gasteiger partial charge on any atom is -0.393 e. The smallest absolute Gasteiger partial charge is 0.0534 e. The molecule has 0 aromatic rings. The second kappa shape index (κ2) is 11.0. The fraction of sp³-hybridized carbons (Fsp3) is 1.00. The van der Waals surface area contributed by atoms with Crippen molar-refractivity contribution in [3.05, 3.63) is 0 Å². The van der Waals surface area contributed by atoms with Gasteiger partial charge in [0.2, 0.25) is 0 Å². The molecule has 0 aliphatic rings. The summed E-state index contributed by atoms with van der Waals surface area (Å²) in [4.78, 5) is 0. The highest BCUT2D eigenvalue weighted by atomic mass is 16.5. The van der Waals surface area contributed by atoms with E-state index in [9.17, 15) is 0 Å². The maximum absolute atomic E-state index is 8.97. The molecule has 0 aliphatic carbocycles. The van der Waals surface area contributed by atoms with E-state index < -0.39 is 0 Å². The lowest BCUT2D eigenvalue weighted by Gasteiger charge is -2.05. The van der Waals surface area contributed by atoms with Gasteiger partial charge in [0.1, 0.15) is 0 Å². The molecule has 1 unspecified atom stereocenters. The van der Waals surface area contributed by atoms with E-state index in [-0.39, 0.29) is 6.10 Å². The molecule has 0 fully saturated rings. The Morgan fingerprint density at radius 2 is 1.64 bits per heavy atom. The van der Waals surface area contributed by atoms with Crippen LogP contribution in [0.25, 0.3) is 0 Å². The first-order chi connectivity index (χ1) is 6.77. The van der Waals surface area contributed by atoms with Gasteiger partial charge in [-0.3, -0.25) is 0 Å². The van der Waals surface area contributed by atoms with Crippen LogP contribution in [0.5, 0.6) is 0 Å². The number of unbranched alkanes of at least 4 members (excludes halogenated alkanes) is 5. The summed E-state index contributed by atoms with van der Waals surface area (Å²) in [5.41, 5.74) is 0. The second-order valence-corrected chi connectivity index (χ2v) is 4.02. The fourth-order valence-electron chi connectivity index (χ4n) is 1.34. The van der Waals surface area contributed by atoms with Crippen LogP contribution >= 0.6 is 0 Å². The molecule has 0 amide bonds. The Labute approximate surface area is 88.7 Å². The van der Waals surface area contributed by atoms with Crippen molar-refractivity contribution in [3.63, 3.8) is 0 Å². The highest BCUT2D eigenvalue weighted by molar-refractivity contribution is 4.46. The van der Waals surface area contributed by atoms with Gasteiger partial charge in [0, 0.05) is 13.2 Å². The van der Waals surface area contributed by atoms with Crippen molar-refractivity contribution in [2.75, 3.05) is 13.2 Å². The van der Waals surface area contributed by atoms with Crippen LogP contribution in [0.1, 0.15) is 58.8 Å². The first-order valence-electron chi connectivity index (χ1n) is 6.03. The third-order valence-electron chi connectivity index (χ3n) is 2.32. The van der Waals surface area contributed by atoms with E-state index in [1.165, 1.54) is 38.5 Å². The van der Waals surface area contributed by atoms with Gasteiger partial charge < -0.3 is 9.84 Å². The summed E-state index contributed by atoms with van der Waals surface area (Å²) in [5, 5.41) is 8.97. The Morgan fingerprint density at radius 3 is 2.29 bits per heavy atom. The Morgan fingerprint density at radius 1 is 1.00 bits per heavy atom. The van der Waals surface area contributed by atoms with Crippen LogP contribution in [0.15, 0.2) is 0 Å². The van der Waals surface area contributed by atoms with E-state index in [1.54, 1.807) is 6.92 Å². The molecule has 2 nitrogen and oxygen atoms in total. The van der Waals surface area contributed by atoms with Gasteiger partial charge in [-0.05, 0) is 19.8 Å². The molecule has 0 aliphatic heterocycles. The normalized spacial score (nSPS) is 13.1. The first kappa shape index (κ1) is 13.9. The summed E-state index contributed by atoms with van der Waals surface area (Å²) in [5.74, 6) is 0. The molecule has 0 aromatic heterocycles. The highest BCUT2D eigenvalue weighted by Crippen LogP contribution is 2.05. The van der Waals surface area contributed by atoms with Crippen molar-refractivity contribution in [2.24, 2.45) is 0 Å². The van der Waals surface area contributed by atoms with Crippen molar-refractivity contribution in [1.29, 1.82) is 0 Å². The van der Waals surface area contributed by atoms with Gasteiger partial charge in [-0.25, -0.2) is 0 Å². The molecule has 0 rings (SSSR count). The molecule has 2 heteroatoms. The van der Waals surface area contributed by atoms with E-state index in [1.807, 2.05) is 0 Å². The predicted molar refractivity (Wildman–Crippen MR) is 60.5 cm³/mol. The van der Waals surface area contributed by atoms with Crippen LogP contribution in [0, 0.1) is 0 Å². The Bertz CT molecular complexity index is 102. The molecule has 0 spiro atoms. The van der Waals surface area contributed by atoms with Crippen molar-refractivity contribution in [1.82, 2.24) is 0 Å². The van der Waals surface area contributed by atoms with Crippen LogP contribution in [0.2, 0.25) is 0 Å². The van der Waals surface area contributed by atoms with Crippen molar-refractivity contribution in [3.8, 4) is 0 Å². The number of aliphatic hydroxyl groups excluding tert-OH is 1. The van der Waals surface area contributed by atoms with Crippen molar-refractivity contribution in [2.45, 2.75) is 64.9 Å². The molecule has 0 aromatic carbocycles. The van der Waals surface area contributed by atoms with Crippen molar-refractivity contribution >= 4 is 0 Å². The minimum atomic E-state index is -0.223. The molecule has 0 bridgehead atoms. The summed E-state index contributed by atoms with van der Waals surface area (Å²) in [7, 11) is 0. The van der Waals surface area contributed by atoms with Gasteiger partial charge >= 0.3 is 0 Å². The fourth-order valence-corrected chi connectivity index (χ4v) is 1.34. The predicted octanol–water partition coefficient (Wildman–Crippen LogP) is 3.13. The summed E-state index contributed by atoms with van der Waals surface area (Å²) >= 11 is 0. The molecule has 1 N–H and O–H groups in total. The van der Waals surface area contributed by atoms with Gasteiger partial charge in [-0.15, -0.1) is 0 Å². The quantitative estimate of drug-likeness (QED) is 0.551. The summed E-state index contributed by atoms with van der Waals surface area (Å²) in [6.07, 6.45) is 8.37. The standard InChI is InChI=1S/C12H26O2/c1-3-4-5-6-7-8-10-14-11-9-12(2)13/h12-13H,3-11H2,1-2H3. The lowest BCUT2D eigenvalue weighted by Crippen LogP contribution is -2.06. The Balaban J connectivity index is 2.85. The van der Waals surface area contributed by atoms with Crippen LogP contribution in [-0.4, -0.2) is 24.4 Å². The summed E-state index contributed by atoms with van der Waals surface area (Å²) in [6, 6.07) is 0. The lowest BCUT2D eigenvalue weighted by atomic mass is 10.1. The van der Waals surface area contributed by atoms with Gasteiger partial charge in [-0.1, -0.05) is 39.0 Å². The van der Waals surface area contributed by atoms with Crippen molar-refractivity contribution < 1.29 is 9.84 Å². The second-order valence-electron chi connectivity index (χ2n) is 4.02. The number of aliphatic hydroxyl groups is 1. The van der Waals surface area contributed by atoms with Crippen LogP contribution < -0.4 is 0 Å². The zero-order valence-electron chi connectivity index (χ0n) is 9.80. The Kier molecular flexibility index (Phi) is 10.9. The SMILES string of the molecule is CCCCCCCCOCCC(C)O. The van der Waals surface area contributed by atoms with Crippen LogP contribution in [0.4, 0.5) is 0 Å². The van der Waals surface area contributed by atoms with E-state index in [0.717, 1.165) is 13.0 Å². The Hall–Kier alpha value is -0.0800. The molecule has 1 atom stereocenters. The van der Waals surface area contributed by atoms with Gasteiger partial charge in [0.05, 0.1) is 6.10 Å². The molecule has 0 radical (unpaired) electrons. The minimum absolute atomic E-state index is 0.223. The number of rotatable bonds is 10. The number of hydrogen-bond donors (Lipinski definition) is 1. The van der Waals surface area contributed by atoms with E-state index in [2.05, 4.69) is 6.92 Å². The maximum atomic E-state index is 8.97. The van der Waals surface area contributed by atoms with Gasteiger partial charge in [-0.2, -0.15) is 0 Å². The molecule has 86 valence electrons. The molecule has 0 saturated carbocycles. The average molecular weight is 202 g/mol. The third-order valence-corrected chi connectivity index (χ3v) is 2.32. The zero-order chi connectivity index (χ0) is 10.6. The highest BCUT2D eigenvalue weighted by Gasteiger charge is 1.95. The van der Waals surface area contributed by atoms with E-state index in [4.69, 9.17) is 9.84 Å². The first-order valence-corrected chi connectivity index (χ1v) is 6.03. The molecule has 14 heavy (non-hydrogen) atoms. The van der Waals surface area contributed by atoms with Gasteiger partial charge in [0.15, 0.2) is 0 Å². The van der Waals surface area contributed by atoms with E-state index in [0.29, 0.717) is 6.61 Å². The molecule has 0 saturated heterocycles. The zero-order valence-corrected chi connectivity index (χ0v) is 9.80. The molecule has 0 heterocycles. The largest absolute Gasteiger partial charge is 0.393 e. The van der Waals surface area contributed by atoms with Crippen LogP contribution in [0.3, 0.4) is 0 Å². The lowest BCUT2D eigenvalue weighted by molar-refractivity contribution is 0.0870. The summed E-state index contributed by atoms with van der Waals surface area (Å²) < 4.78 is 5.39. The third kappa shape index (κ3) is 11.9. The van der Waals surface area contributed by atoms with E-state index >= 15 is 0 Å². The van der Waals surface area contributed by atoms with Crippen LogP contribution in [-0.2, 0) is 4.74 Å². The van der Waals surface area contributed by atoms with Gasteiger partial charge in [0.25, 0.3) is 0 Å². The number of hydrogen-bond acceptors (Lipinski definition) is 2. The summed E-state index contributed by atoms with van der Waals surface area (Å²) in [6.45, 7) is 5.60.